The third-order valence-corrected chi connectivity index (χ3v) is 5.32. The zero-order chi connectivity index (χ0) is 16.9. The maximum atomic E-state index is 6.23. The molecular weight excluding hydrogens is 299 g/mol. The Hall–Kier alpha value is -1.98. The predicted molar refractivity (Wildman–Crippen MR) is 97.3 cm³/mol. The van der Waals surface area contributed by atoms with Gasteiger partial charge in [-0.15, -0.1) is 0 Å². The summed E-state index contributed by atoms with van der Waals surface area (Å²) in [5.74, 6) is 0. The van der Waals surface area contributed by atoms with Crippen LogP contribution < -0.4 is 5.59 Å². The van der Waals surface area contributed by atoms with E-state index < -0.39 is 7.12 Å². The number of hydrogen-bond donors (Lipinski definition) is 0. The Labute approximate surface area is 142 Å². The van der Waals surface area contributed by atoms with Gasteiger partial charge in [-0.1, -0.05) is 38.1 Å². The summed E-state index contributed by atoms with van der Waals surface area (Å²) in [5, 5.41) is 2.15. The second-order valence-corrected chi connectivity index (χ2v) is 7.60. The van der Waals surface area contributed by atoms with Gasteiger partial charge in [0.15, 0.2) is 0 Å². The largest absolute Gasteiger partial charge is 0.514 e. The molecule has 24 heavy (non-hydrogen) atoms. The average molecular weight is 320 g/mol. The molecule has 3 heterocycles. The van der Waals surface area contributed by atoms with E-state index in [9.17, 15) is 0 Å². The lowest BCUT2D eigenvalue weighted by molar-refractivity contribution is -0.0939. The van der Waals surface area contributed by atoms with Gasteiger partial charge in [-0.25, -0.2) is 0 Å². The molecule has 0 aliphatic carbocycles. The summed E-state index contributed by atoms with van der Waals surface area (Å²) < 4.78 is 12.2. The summed E-state index contributed by atoms with van der Waals surface area (Å²) in [6, 6.07) is 12.2. The van der Waals surface area contributed by atoms with Crippen molar-refractivity contribution in [1.29, 1.82) is 0 Å². The van der Waals surface area contributed by atoms with Crippen LogP contribution >= 0.6 is 0 Å². The molecule has 0 amide bonds. The van der Waals surface area contributed by atoms with Crippen molar-refractivity contribution in [3.63, 3.8) is 0 Å². The van der Waals surface area contributed by atoms with Crippen molar-refractivity contribution >= 4 is 34.5 Å². The molecule has 122 valence electrons. The molecule has 0 N–H and O–H groups in total. The molecule has 0 saturated carbocycles. The second kappa shape index (κ2) is 5.26. The summed E-state index contributed by atoms with van der Waals surface area (Å²) in [6.07, 6.45) is 1.80. The number of rotatable bonds is 1. The topological polar surface area (TPSA) is 44.2 Å². The highest BCUT2D eigenvalue weighted by atomic mass is 16.6. The summed E-state index contributed by atoms with van der Waals surface area (Å²) in [5.41, 5.74) is 2.26. The Balaban J connectivity index is 1.79. The zero-order valence-corrected chi connectivity index (χ0v) is 14.5. The third kappa shape index (κ3) is 2.39. The molecule has 4 nitrogen and oxygen atoms in total. The highest BCUT2D eigenvalue weighted by Crippen LogP contribution is 2.38. The SMILES string of the molecule is CC1(C)COB(c2ccc3ccc4cccnc4c3n2)OC1(C)C. The molecule has 5 heteroatoms. The van der Waals surface area contributed by atoms with Crippen LogP contribution in [-0.2, 0) is 9.31 Å². The quantitative estimate of drug-likeness (QED) is 0.510. The normalized spacial score (nSPS) is 19.8. The van der Waals surface area contributed by atoms with Crippen LogP contribution in [0.2, 0.25) is 0 Å². The molecule has 1 aliphatic rings. The Bertz CT molecular complexity index is 924. The number of aromatic nitrogens is 2. The second-order valence-electron chi connectivity index (χ2n) is 7.60. The van der Waals surface area contributed by atoms with E-state index in [0.29, 0.717) is 6.61 Å². The standard InChI is InChI=1S/C19H21BN2O2/c1-18(2)12-23-20(24-19(18,3)4)15-10-9-14-8-7-13-6-5-11-21-16(13)17(14)22-15/h5-11H,12H2,1-4H3. The lowest BCUT2D eigenvalue weighted by atomic mass is 9.70. The van der Waals surface area contributed by atoms with Crippen molar-refractivity contribution < 1.29 is 9.31 Å². The molecule has 3 aromatic rings. The van der Waals surface area contributed by atoms with Gasteiger partial charge in [-0.2, -0.15) is 0 Å². The average Bonchev–Trinajstić information content (AvgIpc) is 2.57. The number of benzene rings is 1. The van der Waals surface area contributed by atoms with Gasteiger partial charge in [0, 0.05) is 29.0 Å². The van der Waals surface area contributed by atoms with E-state index in [2.05, 4.69) is 56.9 Å². The Kier molecular flexibility index (Phi) is 3.41. The van der Waals surface area contributed by atoms with Crippen LogP contribution in [0.4, 0.5) is 0 Å². The van der Waals surface area contributed by atoms with Gasteiger partial charge < -0.3 is 9.31 Å². The van der Waals surface area contributed by atoms with E-state index in [1.54, 1.807) is 6.20 Å². The van der Waals surface area contributed by atoms with Crippen LogP contribution in [0.3, 0.4) is 0 Å². The molecule has 0 spiro atoms. The van der Waals surface area contributed by atoms with E-state index in [-0.39, 0.29) is 11.0 Å². The summed E-state index contributed by atoms with van der Waals surface area (Å²) in [7, 11) is -0.448. The van der Waals surface area contributed by atoms with Gasteiger partial charge in [0.1, 0.15) is 0 Å². The van der Waals surface area contributed by atoms with Crippen molar-refractivity contribution in [3.05, 3.63) is 42.6 Å². The van der Waals surface area contributed by atoms with E-state index in [4.69, 9.17) is 14.3 Å². The molecular formula is C19H21BN2O2. The molecule has 1 aliphatic heterocycles. The first kappa shape index (κ1) is 15.5. The molecule has 0 atom stereocenters. The number of hydrogen-bond acceptors (Lipinski definition) is 4. The van der Waals surface area contributed by atoms with Gasteiger partial charge >= 0.3 is 7.12 Å². The van der Waals surface area contributed by atoms with Crippen LogP contribution in [0.25, 0.3) is 21.8 Å². The Morgan fingerprint density at radius 1 is 0.958 bits per heavy atom. The molecule has 4 rings (SSSR count). The van der Waals surface area contributed by atoms with Crippen molar-refractivity contribution in [2.45, 2.75) is 33.3 Å². The summed E-state index contributed by atoms with van der Waals surface area (Å²) in [4.78, 5) is 9.33. The van der Waals surface area contributed by atoms with Crippen molar-refractivity contribution in [2.75, 3.05) is 6.61 Å². The molecule has 1 saturated heterocycles. The first-order valence-electron chi connectivity index (χ1n) is 8.31. The third-order valence-electron chi connectivity index (χ3n) is 5.32. The van der Waals surface area contributed by atoms with Crippen molar-refractivity contribution in [2.24, 2.45) is 5.41 Å². The van der Waals surface area contributed by atoms with Gasteiger partial charge in [0.2, 0.25) is 0 Å². The van der Waals surface area contributed by atoms with Crippen LogP contribution in [0, 0.1) is 5.41 Å². The van der Waals surface area contributed by atoms with E-state index >= 15 is 0 Å². The monoisotopic (exact) mass is 320 g/mol. The van der Waals surface area contributed by atoms with Crippen LogP contribution in [-0.4, -0.2) is 29.3 Å². The van der Waals surface area contributed by atoms with Crippen LogP contribution in [0.15, 0.2) is 42.6 Å². The molecule has 1 aromatic carbocycles. The lowest BCUT2D eigenvalue weighted by Crippen LogP contribution is -2.58. The number of fused-ring (bicyclic) bond motifs is 3. The maximum Gasteiger partial charge on any atom is 0.514 e. The van der Waals surface area contributed by atoms with E-state index in [1.165, 1.54) is 0 Å². The zero-order valence-electron chi connectivity index (χ0n) is 14.5. The highest BCUT2D eigenvalue weighted by Gasteiger charge is 2.47. The van der Waals surface area contributed by atoms with Crippen molar-refractivity contribution in [3.8, 4) is 0 Å². The number of nitrogens with zero attached hydrogens (tertiary/aromatic N) is 2. The van der Waals surface area contributed by atoms with E-state index in [0.717, 1.165) is 27.4 Å². The van der Waals surface area contributed by atoms with Crippen molar-refractivity contribution in [1.82, 2.24) is 9.97 Å². The molecule has 1 fully saturated rings. The van der Waals surface area contributed by atoms with Crippen LogP contribution in [0.1, 0.15) is 27.7 Å². The minimum absolute atomic E-state index is 0.0470. The first-order chi connectivity index (χ1) is 11.4. The van der Waals surface area contributed by atoms with Gasteiger partial charge in [-0.3, -0.25) is 9.97 Å². The Morgan fingerprint density at radius 3 is 2.42 bits per heavy atom. The minimum Gasteiger partial charge on any atom is -0.406 e. The van der Waals surface area contributed by atoms with Gasteiger partial charge in [0.05, 0.1) is 22.2 Å². The minimum atomic E-state index is -0.448. The molecule has 0 bridgehead atoms. The molecule has 0 radical (unpaired) electrons. The Morgan fingerprint density at radius 2 is 1.67 bits per heavy atom. The van der Waals surface area contributed by atoms with Gasteiger partial charge in [0.25, 0.3) is 0 Å². The predicted octanol–water partition coefficient (Wildman–Crippen LogP) is 3.33. The van der Waals surface area contributed by atoms with E-state index in [1.807, 2.05) is 12.1 Å². The summed E-state index contributed by atoms with van der Waals surface area (Å²) in [6.45, 7) is 9.18. The van der Waals surface area contributed by atoms with Crippen LogP contribution in [0.5, 0.6) is 0 Å². The lowest BCUT2D eigenvalue weighted by Gasteiger charge is -2.47. The highest BCUT2D eigenvalue weighted by molar-refractivity contribution is 6.60. The molecule has 2 aromatic heterocycles. The fourth-order valence-electron chi connectivity index (χ4n) is 2.93. The number of pyridine rings is 2. The summed E-state index contributed by atoms with van der Waals surface area (Å²) >= 11 is 0. The smallest absolute Gasteiger partial charge is 0.406 e. The molecule has 0 unspecified atom stereocenters. The maximum absolute atomic E-state index is 6.23. The van der Waals surface area contributed by atoms with Gasteiger partial charge in [-0.05, 0) is 26.0 Å². The first-order valence-corrected chi connectivity index (χ1v) is 8.31. The fourth-order valence-corrected chi connectivity index (χ4v) is 2.93. The fraction of sp³-hybridized carbons (Fsp3) is 0.368.